The van der Waals surface area contributed by atoms with Gasteiger partial charge in [0.1, 0.15) is 0 Å². The number of likely N-dealkylation sites (N-methyl/N-ethyl adjacent to an activating group) is 1. The van der Waals surface area contributed by atoms with Gasteiger partial charge in [0.05, 0.1) is 5.92 Å². The minimum Gasteiger partial charge on any atom is -0.465 e. The molecule has 0 saturated carbocycles. The highest BCUT2D eigenvalue weighted by Gasteiger charge is 2.18. The number of rotatable bonds is 4. The van der Waals surface area contributed by atoms with E-state index >= 15 is 0 Å². The molecule has 1 unspecified atom stereocenters. The predicted molar refractivity (Wildman–Crippen MR) is 65.2 cm³/mol. The summed E-state index contributed by atoms with van der Waals surface area (Å²) in [5, 5.41) is 13.7. The van der Waals surface area contributed by atoms with Gasteiger partial charge in [0.15, 0.2) is 0 Å². The van der Waals surface area contributed by atoms with Gasteiger partial charge in [-0.15, -0.1) is 0 Å². The summed E-state index contributed by atoms with van der Waals surface area (Å²) in [6.07, 6.45) is -1.14. The van der Waals surface area contributed by atoms with E-state index in [1.54, 1.807) is 31.2 Å². The number of benzene rings is 1. The van der Waals surface area contributed by atoms with E-state index in [0.29, 0.717) is 17.8 Å². The number of para-hydroxylation sites is 1. The van der Waals surface area contributed by atoms with Crippen LogP contribution >= 0.6 is 0 Å². The Balaban J connectivity index is 2.95. The van der Waals surface area contributed by atoms with E-state index in [4.69, 9.17) is 5.11 Å². The molecule has 1 aromatic carbocycles. The number of carbonyl (C=O) groups excluding carboxylic acids is 1. The van der Waals surface area contributed by atoms with Gasteiger partial charge < -0.3 is 10.4 Å². The van der Waals surface area contributed by atoms with Crippen LogP contribution in [0, 0.1) is 0 Å². The summed E-state index contributed by atoms with van der Waals surface area (Å²) in [7, 11) is 0. The third-order valence-corrected chi connectivity index (χ3v) is 2.41. The Hall–Kier alpha value is -2.04. The van der Waals surface area contributed by atoms with E-state index in [9.17, 15) is 9.59 Å². The normalized spacial score (nSPS) is 11.6. The minimum absolute atomic E-state index is 0.118. The summed E-state index contributed by atoms with van der Waals surface area (Å²) in [6, 6.07) is 6.88. The van der Waals surface area contributed by atoms with Crippen LogP contribution in [0.1, 0.15) is 25.3 Å². The minimum atomic E-state index is -1.14. The van der Waals surface area contributed by atoms with Crippen LogP contribution in [-0.2, 0) is 4.79 Å². The Kier molecular flexibility index (Phi) is 4.51. The lowest BCUT2D eigenvalue weighted by Gasteiger charge is -2.15. The lowest BCUT2D eigenvalue weighted by Crippen LogP contribution is -2.28. The van der Waals surface area contributed by atoms with E-state index in [-0.39, 0.29) is 5.91 Å². The molecule has 0 radical (unpaired) electrons. The highest BCUT2D eigenvalue weighted by atomic mass is 16.4. The van der Waals surface area contributed by atoms with Crippen molar-refractivity contribution >= 4 is 17.7 Å². The van der Waals surface area contributed by atoms with Crippen molar-refractivity contribution in [2.75, 3.05) is 11.9 Å². The van der Waals surface area contributed by atoms with E-state index in [2.05, 4.69) is 10.6 Å². The van der Waals surface area contributed by atoms with Crippen LogP contribution in [0.5, 0.6) is 0 Å². The zero-order valence-electron chi connectivity index (χ0n) is 9.86. The fourth-order valence-corrected chi connectivity index (χ4v) is 1.57. The molecule has 5 heteroatoms. The number of carboxylic acid groups (broad SMARTS) is 1. The summed E-state index contributed by atoms with van der Waals surface area (Å²) in [5.74, 6) is -0.509. The molecule has 1 atom stereocenters. The molecule has 0 bridgehead atoms. The summed E-state index contributed by atoms with van der Waals surface area (Å²) in [4.78, 5) is 22.3. The summed E-state index contributed by atoms with van der Waals surface area (Å²) >= 11 is 0. The lowest BCUT2D eigenvalue weighted by molar-refractivity contribution is -0.122. The maximum Gasteiger partial charge on any atom is 0.409 e. The first-order valence-corrected chi connectivity index (χ1v) is 5.42. The van der Waals surface area contributed by atoms with E-state index in [1.165, 1.54) is 0 Å². The molecule has 92 valence electrons. The van der Waals surface area contributed by atoms with Crippen LogP contribution in [0.25, 0.3) is 0 Å². The van der Waals surface area contributed by atoms with Crippen molar-refractivity contribution in [2.24, 2.45) is 0 Å². The summed E-state index contributed by atoms with van der Waals surface area (Å²) in [5.41, 5.74) is 1.11. The van der Waals surface area contributed by atoms with Crippen LogP contribution in [0.15, 0.2) is 24.3 Å². The molecular weight excluding hydrogens is 220 g/mol. The van der Waals surface area contributed by atoms with Crippen LogP contribution < -0.4 is 10.6 Å². The predicted octanol–water partition coefficient (Wildman–Crippen LogP) is 2.02. The molecule has 0 aliphatic heterocycles. The second-order valence-electron chi connectivity index (χ2n) is 3.63. The molecule has 0 spiro atoms. The molecule has 3 N–H and O–H groups in total. The second-order valence-corrected chi connectivity index (χ2v) is 3.63. The van der Waals surface area contributed by atoms with Gasteiger partial charge in [0, 0.05) is 12.2 Å². The fourth-order valence-electron chi connectivity index (χ4n) is 1.57. The average molecular weight is 236 g/mol. The Morgan fingerprint density at radius 1 is 1.35 bits per heavy atom. The molecule has 0 fully saturated rings. The van der Waals surface area contributed by atoms with Crippen molar-refractivity contribution < 1.29 is 14.7 Å². The zero-order chi connectivity index (χ0) is 12.8. The quantitative estimate of drug-likeness (QED) is 0.748. The molecule has 5 nitrogen and oxygen atoms in total. The Morgan fingerprint density at radius 3 is 2.59 bits per heavy atom. The van der Waals surface area contributed by atoms with Crippen molar-refractivity contribution in [3.05, 3.63) is 29.8 Å². The highest BCUT2D eigenvalue weighted by Crippen LogP contribution is 2.24. The van der Waals surface area contributed by atoms with Crippen molar-refractivity contribution in [2.45, 2.75) is 19.8 Å². The monoisotopic (exact) mass is 236 g/mol. The maximum absolute atomic E-state index is 11.7. The van der Waals surface area contributed by atoms with E-state index < -0.39 is 12.0 Å². The van der Waals surface area contributed by atoms with Gasteiger partial charge in [-0.05, 0) is 25.5 Å². The van der Waals surface area contributed by atoms with Gasteiger partial charge in [-0.2, -0.15) is 0 Å². The standard InChI is InChI=1S/C12H16N2O3/c1-3-13-11(15)8(2)9-6-4-5-7-10(9)14-12(16)17/h4-8,14H,3H2,1-2H3,(H,13,15)(H,16,17). The molecule has 0 saturated heterocycles. The number of amides is 2. The summed E-state index contributed by atoms with van der Waals surface area (Å²) < 4.78 is 0. The van der Waals surface area contributed by atoms with Gasteiger partial charge in [-0.1, -0.05) is 18.2 Å². The number of hydrogen-bond donors (Lipinski definition) is 3. The Labute approximate surface area is 99.8 Å². The van der Waals surface area contributed by atoms with Crippen LogP contribution in [-0.4, -0.2) is 23.7 Å². The summed E-state index contributed by atoms with van der Waals surface area (Å²) in [6.45, 7) is 4.14. The molecule has 2 amide bonds. The average Bonchev–Trinajstić information content (AvgIpc) is 2.28. The third-order valence-electron chi connectivity index (χ3n) is 2.41. The number of carbonyl (C=O) groups is 2. The van der Waals surface area contributed by atoms with Crippen molar-refractivity contribution in [1.29, 1.82) is 0 Å². The molecule has 0 heterocycles. The molecule has 0 aliphatic carbocycles. The van der Waals surface area contributed by atoms with Gasteiger partial charge in [-0.25, -0.2) is 4.79 Å². The molecule has 17 heavy (non-hydrogen) atoms. The highest BCUT2D eigenvalue weighted by molar-refractivity contribution is 5.89. The topological polar surface area (TPSA) is 78.4 Å². The molecule has 1 aromatic rings. The van der Waals surface area contributed by atoms with Crippen LogP contribution in [0.2, 0.25) is 0 Å². The lowest BCUT2D eigenvalue weighted by atomic mass is 9.98. The first-order valence-electron chi connectivity index (χ1n) is 5.42. The zero-order valence-corrected chi connectivity index (χ0v) is 9.86. The molecule has 1 rings (SSSR count). The second kappa shape index (κ2) is 5.89. The van der Waals surface area contributed by atoms with Crippen molar-refractivity contribution in [3.8, 4) is 0 Å². The van der Waals surface area contributed by atoms with Gasteiger partial charge in [-0.3, -0.25) is 10.1 Å². The van der Waals surface area contributed by atoms with Crippen LogP contribution in [0.4, 0.5) is 10.5 Å². The SMILES string of the molecule is CCNC(=O)C(C)c1ccccc1NC(=O)O. The molecule has 0 aliphatic rings. The molecule has 0 aromatic heterocycles. The van der Waals surface area contributed by atoms with Crippen molar-refractivity contribution in [3.63, 3.8) is 0 Å². The third kappa shape index (κ3) is 3.48. The van der Waals surface area contributed by atoms with Gasteiger partial charge in [0.2, 0.25) is 5.91 Å². The fraction of sp³-hybridized carbons (Fsp3) is 0.333. The first kappa shape index (κ1) is 13.0. The number of hydrogen-bond acceptors (Lipinski definition) is 2. The van der Waals surface area contributed by atoms with E-state index in [0.717, 1.165) is 0 Å². The molecular formula is C12H16N2O3. The first-order chi connectivity index (χ1) is 8.06. The maximum atomic E-state index is 11.7. The largest absolute Gasteiger partial charge is 0.465 e. The number of anilines is 1. The van der Waals surface area contributed by atoms with Crippen LogP contribution in [0.3, 0.4) is 0 Å². The number of nitrogens with one attached hydrogen (secondary N) is 2. The van der Waals surface area contributed by atoms with E-state index in [1.807, 2.05) is 6.92 Å². The van der Waals surface area contributed by atoms with Crippen molar-refractivity contribution in [1.82, 2.24) is 5.32 Å². The van der Waals surface area contributed by atoms with Gasteiger partial charge in [0.25, 0.3) is 0 Å². The Morgan fingerprint density at radius 2 is 2.00 bits per heavy atom. The Bertz CT molecular complexity index is 418. The smallest absolute Gasteiger partial charge is 0.409 e. The van der Waals surface area contributed by atoms with Gasteiger partial charge >= 0.3 is 6.09 Å².